The first-order chi connectivity index (χ1) is 16.9. The van der Waals surface area contributed by atoms with Gasteiger partial charge in [0.05, 0.1) is 11.8 Å². The zero-order chi connectivity index (χ0) is 24.3. The first kappa shape index (κ1) is 22.4. The third kappa shape index (κ3) is 3.77. The SMILES string of the molecule is O=C(COC(=O)C(Cc1ccccc1)N1C(=O)C2C3C=CC(C4CC34)C2C1=O)c1ccc(Br)cc1. The molecule has 2 aromatic carbocycles. The second kappa shape index (κ2) is 8.55. The molecule has 4 aliphatic carbocycles. The minimum atomic E-state index is -1.10. The number of likely N-dealkylation sites (tertiary alicyclic amines) is 1. The average Bonchev–Trinajstić information content (AvgIpc) is 3.65. The molecule has 0 aromatic heterocycles. The molecule has 0 spiro atoms. The van der Waals surface area contributed by atoms with Gasteiger partial charge in [0, 0.05) is 16.5 Å². The molecule has 2 saturated carbocycles. The van der Waals surface area contributed by atoms with Crippen LogP contribution in [0, 0.1) is 35.5 Å². The van der Waals surface area contributed by atoms with Crippen LogP contribution in [-0.4, -0.2) is 41.1 Å². The monoisotopic (exact) mass is 533 g/mol. The number of allylic oxidation sites excluding steroid dienone is 2. The number of esters is 1. The van der Waals surface area contributed by atoms with E-state index in [9.17, 15) is 19.2 Å². The predicted molar refractivity (Wildman–Crippen MR) is 130 cm³/mol. The fraction of sp³-hybridized carbons (Fsp3) is 0.357. The summed E-state index contributed by atoms with van der Waals surface area (Å²) >= 11 is 3.33. The number of ketones is 1. The van der Waals surface area contributed by atoms with Crippen molar-refractivity contribution in [1.82, 2.24) is 4.90 Å². The third-order valence-electron chi connectivity index (χ3n) is 8.06. The molecule has 0 N–H and O–H groups in total. The Kier molecular flexibility index (Phi) is 5.48. The second-order valence-electron chi connectivity index (χ2n) is 9.94. The van der Waals surface area contributed by atoms with Crippen LogP contribution in [-0.2, 0) is 25.5 Å². The van der Waals surface area contributed by atoms with Crippen LogP contribution >= 0.6 is 15.9 Å². The van der Waals surface area contributed by atoms with E-state index < -0.39 is 30.5 Å². The minimum absolute atomic E-state index is 0.0730. The van der Waals surface area contributed by atoms with E-state index >= 15 is 0 Å². The lowest BCUT2D eigenvalue weighted by molar-refractivity contribution is -0.158. The van der Waals surface area contributed by atoms with Crippen molar-refractivity contribution in [1.29, 1.82) is 0 Å². The number of hydrogen-bond donors (Lipinski definition) is 0. The molecule has 7 heteroatoms. The van der Waals surface area contributed by atoms with Gasteiger partial charge in [0.25, 0.3) is 0 Å². The number of nitrogens with zero attached hydrogens (tertiary/aromatic N) is 1. The highest BCUT2D eigenvalue weighted by Crippen LogP contribution is 2.65. The molecule has 1 saturated heterocycles. The highest BCUT2D eigenvalue weighted by molar-refractivity contribution is 9.10. The zero-order valence-corrected chi connectivity index (χ0v) is 20.5. The summed E-state index contributed by atoms with van der Waals surface area (Å²) in [7, 11) is 0. The van der Waals surface area contributed by atoms with Crippen LogP contribution in [0.1, 0.15) is 22.3 Å². The molecule has 178 valence electrons. The molecule has 1 aliphatic heterocycles. The Bertz CT molecular complexity index is 1200. The lowest BCUT2D eigenvalue weighted by atomic mass is 9.63. The number of Topliss-reactive ketones (excluding diaryl/α,β-unsaturated/α-hetero) is 1. The fourth-order valence-corrected chi connectivity index (χ4v) is 6.62. The van der Waals surface area contributed by atoms with E-state index in [0.29, 0.717) is 17.4 Å². The van der Waals surface area contributed by atoms with E-state index in [-0.39, 0.29) is 35.9 Å². The highest BCUT2D eigenvalue weighted by Gasteiger charge is 2.68. The number of benzene rings is 2. The van der Waals surface area contributed by atoms with Crippen LogP contribution < -0.4 is 0 Å². The van der Waals surface area contributed by atoms with Gasteiger partial charge in [0.15, 0.2) is 12.4 Å². The summed E-state index contributed by atoms with van der Waals surface area (Å²) < 4.78 is 6.26. The summed E-state index contributed by atoms with van der Waals surface area (Å²) in [5, 5.41) is 0. The normalized spacial score (nSPS) is 30.6. The molecule has 1 heterocycles. The zero-order valence-electron chi connectivity index (χ0n) is 18.9. The minimum Gasteiger partial charge on any atom is -0.456 e. The number of amides is 2. The van der Waals surface area contributed by atoms with Crippen molar-refractivity contribution in [2.45, 2.75) is 18.9 Å². The first-order valence-corrected chi connectivity index (χ1v) is 12.8. The van der Waals surface area contributed by atoms with Crippen molar-refractivity contribution in [2.24, 2.45) is 35.5 Å². The lowest BCUT2D eigenvalue weighted by Gasteiger charge is -2.37. The van der Waals surface area contributed by atoms with E-state index in [1.165, 1.54) is 0 Å². The van der Waals surface area contributed by atoms with Crippen molar-refractivity contribution in [3.63, 3.8) is 0 Å². The van der Waals surface area contributed by atoms with Gasteiger partial charge in [-0.2, -0.15) is 0 Å². The van der Waals surface area contributed by atoms with Crippen molar-refractivity contribution >= 4 is 39.5 Å². The quantitative estimate of drug-likeness (QED) is 0.234. The highest BCUT2D eigenvalue weighted by atomic mass is 79.9. The molecule has 35 heavy (non-hydrogen) atoms. The molecule has 7 rings (SSSR count). The van der Waals surface area contributed by atoms with Crippen molar-refractivity contribution in [3.05, 3.63) is 82.3 Å². The maximum Gasteiger partial charge on any atom is 0.330 e. The molecule has 7 unspecified atom stereocenters. The third-order valence-corrected chi connectivity index (χ3v) is 8.59. The first-order valence-electron chi connectivity index (χ1n) is 12.0. The smallest absolute Gasteiger partial charge is 0.330 e. The van der Waals surface area contributed by atoms with Gasteiger partial charge in [0.1, 0.15) is 6.04 Å². The summed E-state index contributed by atoms with van der Waals surface area (Å²) in [5.41, 5.74) is 1.23. The summed E-state index contributed by atoms with van der Waals surface area (Å²) in [4.78, 5) is 54.3. The molecule has 6 nitrogen and oxygen atoms in total. The Morgan fingerprint density at radius 2 is 1.51 bits per heavy atom. The van der Waals surface area contributed by atoms with Crippen molar-refractivity contribution in [2.75, 3.05) is 6.61 Å². The van der Waals surface area contributed by atoms with Crippen LogP contribution in [0.25, 0.3) is 0 Å². The molecule has 3 fully saturated rings. The lowest BCUT2D eigenvalue weighted by Crippen LogP contribution is -2.48. The van der Waals surface area contributed by atoms with Crippen LogP contribution in [0.5, 0.6) is 0 Å². The van der Waals surface area contributed by atoms with Crippen molar-refractivity contribution in [3.8, 4) is 0 Å². The van der Waals surface area contributed by atoms with Gasteiger partial charge in [-0.1, -0.05) is 70.5 Å². The maximum absolute atomic E-state index is 13.6. The average molecular weight is 534 g/mol. The van der Waals surface area contributed by atoms with Crippen LogP contribution in [0.15, 0.2) is 71.2 Å². The summed E-state index contributed by atoms with van der Waals surface area (Å²) in [6, 6.07) is 14.9. The molecule has 2 bridgehead atoms. The number of imide groups is 1. The van der Waals surface area contributed by atoms with E-state index in [0.717, 1.165) is 21.4 Å². The second-order valence-corrected chi connectivity index (χ2v) is 10.9. The number of hydrogen-bond acceptors (Lipinski definition) is 5. The molecule has 2 aromatic rings. The molecular formula is C28H24BrNO5. The topological polar surface area (TPSA) is 80.8 Å². The number of rotatable bonds is 7. The number of carbonyl (C=O) groups is 4. The van der Waals surface area contributed by atoms with E-state index in [1.54, 1.807) is 24.3 Å². The Morgan fingerprint density at radius 1 is 0.914 bits per heavy atom. The Balaban J connectivity index is 1.25. The molecular weight excluding hydrogens is 510 g/mol. The van der Waals surface area contributed by atoms with Gasteiger partial charge in [0.2, 0.25) is 11.8 Å². The molecule has 5 aliphatic rings. The van der Waals surface area contributed by atoms with Crippen molar-refractivity contribution < 1.29 is 23.9 Å². The summed E-state index contributed by atoms with van der Waals surface area (Å²) in [6.45, 7) is -0.453. The van der Waals surface area contributed by atoms with E-state index in [1.807, 2.05) is 30.3 Å². The summed E-state index contributed by atoms with van der Waals surface area (Å²) in [6.07, 6.45) is 5.44. The van der Waals surface area contributed by atoms with Gasteiger partial charge in [-0.3, -0.25) is 19.3 Å². The van der Waals surface area contributed by atoms with Crippen LogP contribution in [0.2, 0.25) is 0 Å². The number of carbonyl (C=O) groups excluding carboxylic acids is 4. The van der Waals surface area contributed by atoms with Gasteiger partial charge in [-0.15, -0.1) is 0 Å². The van der Waals surface area contributed by atoms with Gasteiger partial charge in [-0.05, 0) is 47.8 Å². The standard InChI is InChI=1S/C28H24BrNO5/c29-17-8-6-16(7-9-17)23(31)14-35-28(34)22(12-15-4-2-1-3-5-15)30-26(32)24-18-10-11-19(21-13-20(18)21)25(24)27(30)33/h1-11,18-22,24-25H,12-14H2. The van der Waals surface area contributed by atoms with Gasteiger partial charge in [-0.25, -0.2) is 4.79 Å². The molecule has 0 radical (unpaired) electrons. The van der Waals surface area contributed by atoms with E-state index in [2.05, 4.69) is 28.1 Å². The van der Waals surface area contributed by atoms with Gasteiger partial charge < -0.3 is 4.74 Å². The Hall–Kier alpha value is -3.06. The Labute approximate surface area is 211 Å². The molecule has 7 atom stereocenters. The van der Waals surface area contributed by atoms with E-state index in [4.69, 9.17) is 4.74 Å². The summed E-state index contributed by atoms with van der Waals surface area (Å²) in [5.74, 6) is -1.31. The van der Waals surface area contributed by atoms with Crippen LogP contribution in [0.4, 0.5) is 0 Å². The predicted octanol–water partition coefficient (Wildman–Crippen LogP) is 3.84. The molecule has 2 amide bonds. The Morgan fingerprint density at radius 3 is 2.11 bits per heavy atom. The maximum atomic E-state index is 13.6. The van der Waals surface area contributed by atoms with Crippen LogP contribution in [0.3, 0.4) is 0 Å². The number of ether oxygens (including phenoxy) is 1. The number of halogens is 1. The fourth-order valence-electron chi connectivity index (χ4n) is 6.36. The van der Waals surface area contributed by atoms with Gasteiger partial charge >= 0.3 is 5.97 Å². The largest absolute Gasteiger partial charge is 0.456 e.